The number of halogens is 3. The average molecular weight is 577 g/mol. The molecular weight excluding hydrogens is 545 g/mol. The van der Waals surface area contributed by atoms with Gasteiger partial charge >= 0.3 is 18.2 Å². The number of nitro groups is 1. The van der Waals surface area contributed by atoms with Crippen LogP contribution in [0.25, 0.3) is 0 Å². The van der Waals surface area contributed by atoms with Gasteiger partial charge in [-0.15, -0.1) is 13.2 Å². The zero-order chi connectivity index (χ0) is 29.0. The van der Waals surface area contributed by atoms with E-state index in [-0.39, 0.29) is 24.2 Å². The third-order valence-electron chi connectivity index (χ3n) is 7.21. The molecule has 0 saturated carbocycles. The number of anilines is 1. The standard InChI is InChI=1S/C28H31F3N4O6/c1-27(18-34-16-25(35(36)37)32-26(34)41-27)19-39-23-8-4-22(5-9-23)33-13-10-20(11-14-33)12-15-38-17-21-2-6-24(7-3-21)40-28(29,30)31/h2-9,16,20H,10-15,17-19H2,1H3. The number of hydrogen-bond acceptors (Lipinski definition) is 8. The molecule has 2 aliphatic heterocycles. The fraction of sp³-hybridized carbons (Fsp3) is 0.464. The van der Waals surface area contributed by atoms with Gasteiger partial charge in [0.1, 0.15) is 24.3 Å². The van der Waals surface area contributed by atoms with Crippen molar-refractivity contribution in [2.45, 2.75) is 51.3 Å². The number of aromatic nitrogens is 2. The van der Waals surface area contributed by atoms with E-state index < -0.39 is 16.9 Å². The molecule has 3 heterocycles. The molecule has 3 aromatic rings. The number of rotatable bonds is 11. The number of alkyl halides is 3. The van der Waals surface area contributed by atoms with Crippen molar-refractivity contribution in [3.63, 3.8) is 0 Å². The highest BCUT2D eigenvalue weighted by Crippen LogP contribution is 2.32. The predicted molar refractivity (Wildman–Crippen MR) is 142 cm³/mol. The molecule has 0 N–H and O–H groups in total. The first-order valence-corrected chi connectivity index (χ1v) is 13.4. The van der Waals surface area contributed by atoms with E-state index in [1.807, 2.05) is 31.2 Å². The van der Waals surface area contributed by atoms with E-state index in [4.69, 9.17) is 14.2 Å². The molecule has 0 spiro atoms. The van der Waals surface area contributed by atoms with Gasteiger partial charge in [0.2, 0.25) is 0 Å². The Morgan fingerprint density at radius 3 is 2.41 bits per heavy atom. The van der Waals surface area contributed by atoms with Crippen LogP contribution in [0.15, 0.2) is 54.7 Å². The first kappa shape index (κ1) is 28.5. The molecule has 2 aliphatic rings. The summed E-state index contributed by atoms with van der Waals surface area (Å²) in [7, 11) is 0. The van der Waals surface area contributed by atoms with Crippen molar-refractivity contribution in [1.82, 2.24) is 9.55 Å². The second-order valence-electron chi connectivity index (χ2n) is 10.6. The summed E-state index contributed by atoms with van der Waals surface area (Å²) in [5, 5.41) is 10.9. The van der Waals surface area contributed by atoms with Crippen molar-refractivity contribution in [2.75, 3.05) is 31.2 Å². The van der Waals surface area contributed by atoms with E-state index in [9.17, 15) is 23.3 Å². The van der Waals surface area contributed by atoms with Crippen molar-refractivity contribution in [3.05, 3.63) is 70.4 Å². The number of imidazole rings is 1. The van der Waals surface area contributed by atoms with E-state index in [2.05, 4.69) is 14.6 Å². The first-order chi connectivity index (χ1) is 19.6. The van der Waals surface area contributed by atoms with Gasteiger partial charge in [-0.1, -0.05) is 12.1 Å². The van der Waals surface area contributed by atoms with Gasteiger partial charge in [0.15, 0.2) is 5.60 Å². The summed E-state index contributed by atoms with van der Waals surface area (Å²) in [5.41, 5.74) is 1.25. The van der Waals surface area contributed by atoms with Crippen LogP contribution in [0, 0.1) is 16.0 Å². The lowest BCUT2D eigenvalue weighted by Gasteiger charge is -2.33. The Balaban J connectivity index is 0.991. The van der Waals surface area contributed by atoms with Crippen LogP contribution in [-0.2, 0) is 17.9 Å². The van der Waals surface area contributed by atoms with Crippen LogP contribution in [0.4, 0.5) is 24.7 Å². The van der Waals surface area contributed by atoms with Crippen molar-refractivity contribution in [1.29, 1.82) is 0 Å². The Kier molecular flexibility index (Phi) is 8.25. The van der Waals surface area contributed by atoms with Gasteiger partial charge in [0, 0.05) is 30.4 Å². The highest BCUT2D eigenvalue weighted by molar-refractivity contribution is 5.49. The highest BCUT2D eigenvalue weighted by atomic mass is 19.4. The van der Waals surface area contributed by atoms with Crippen molar-refractivity contribution in [3.8, 4) is 17.5 Å². The van der Waals surface area contributed by atoms with Crippen molar-refractivity contribution in [2.24, 2.45) is 5.92 Å². The van der Waals surface area contributed by atoms with Crippen molar-refractivity contribution >= 4 is 11.5 Å². The SMILES string of the molecule is CC1(COc2ccc(N3CCC(CCOCc4ccc(OC(F)(F)F)cc4)CC3)cc2)Cn2cc([N+](=O)[O-])nc2O1. The number of benzene rings is 2. The summed E-state index contributed by atoms with van der Waals surface area (Å²) in [5.74, 6) is 0.790. The van der Waals surface area contributed by atoms with Crippen LogP contribution in [-0.4, -0.2) is 52.7 Å². The van der Waals surface area contributed by atoms with Gasteiger partial charge in [-0.3, -0.25) is 4.57 Å². The number of nitrogens with zero attached hydrogens (tertiary/aromatic N) is 4. The fourth-order valence-corrected chi connectivity index (χ4v) is 5.05. The molecule has 1 saturated heterocycles. The molecule has 0 radical (unpaired) electrons. The van der Waals surface area contributed by atoms with Crippen LogP contribution in [0.1, 0.15) is 31.7 Å². The molecular formula is C28H31F3N4O6. The van der Waals surface area contributed by atoms with Gasteiger partial charge in [0.25, 0.3) is 0 Å². The zero-order valence-electron chi connectivity index (χ0n) is 22.5. The van der Waals surface area contributed by atoms with Crippen LogP contribution < -0.4 is 19.1 Å². The van der Waals surface area contributed by atoms with Gasteiger partial charge in [-0.05, 0) is 79.0 Å². The average Bonchev–Trinajstić information content (AvgIpc) is 3.46. The third-order valence-corrected chi connectivity index (χ3v) is 7.21. The number of hydrogen-bond donors (Lipinski definition) is 0. The first-order valence-electron chi connectivity index (χ1n) is 13.4. The Labute approximate surface area is 234 Å². The molecule has 13 heteroatoms. The molecule has 1 fully saturated rings. The third kappa shape index (κ3) is 7.60. The Morgan fingerprint density at radius 2 is 1.78 bits per heavy atom. The fourth-order valence-electron chi connectivity index (χ4n) is 5.05. The number of ether oxygens (including phenoxy) is 4. The molecule has 220 valence electrons. The normalized spacial score (nSPS) is 19.1. The summed E-state index contributed by atoms with van der Waals surface area (Å²) in [6.07, 6.45) is -0.293. The summed E-state index contributed by atoms with van der Waals surface area (Å²) < 4.78 is 59.8. The summed E-state index contributed by atoms with van der Waals surface area (Å²) in [6, 6.07) is 13.9. The largest absolute Gasteiger partial charge is 0.573 e. The second kappa shape index (κ2) is 11.9. The molecule has 5 rings (SSSR count). The van der Waals surface area contributed by atoms with Gasteiger partial charge < -0.3 is 34.0 Å². The molecule has 41 heavy (non-hydrogen) atoms. The smallest absolute Gasteiger partial charge is 0.489 e. The molecule has 10 nitrogen and oxygen atoms in total. The Hall–Kier alpha value is -4.00. The van der Waals surface area contributed by atoms with E-state index in [1.165, 1.54) is 18.3 Å². The lowest BCUT2D eigenvalue weighted by molar-refractivity contribution is -0.389. The van der Waals surface area contributed by atoms with E-state index in [1.54, 1.807) is 16.7 Å². The van der Waals surface area contributed by atoms with Gasteiger partial charge in [-0.2, -0.15) is 0 Å². The monoisotopic (exact) mass is 576 g/mol. The molecule has 1 atom stereocenters. The zero-order valence-corrected chi connectivity index (χ0v) is 22.5. The van der Waals surface area contributed by atoms with Crippen LogP contribution in [0.2, 0.25) is 0 Å². The highest BCUT2D eigenvalue weighted by Gasteiger charge is 2.41. The van der Waals surface area contributed by atoms with Crippen LogP contribution >= 0.6 is 0 Å². The second-order valence-corrected chi connectivity index (χ2v) is 10.6. The minimum absolute atomic E-state index is 0.223. The van der Waals surface area contributed by atoms with E-state index >= 15 is 0 Å². The lowest BCUT2D eigenvalue weighted by atomic mass is 9.93. The summed E-state index contributed by atoms with van der Waals surface area (Å²) in [4.78, 5) is 16.6. The van der Waals surface area contributed by atoms with Crippen molar-refractivity contribution < 1.29 is 37.0 Å². The topological polar surface area (TPSA) is 101 Å². The molecule has 0 bridgehead atoms. The van der Waals surface area contributed by atoms with Crippen LogP contribution in [0.3, 0.4) is 0 Å². The molecule has 1 unspecified atom stereocenters. The molecule has 0 amide bonds. The van der Waals surface area contributed by atoms with Gasteiger partial charge in [0.05, 0.1) is 13.2 Å². The molecule has 0 aliphatic carbocycles. The van der Waals surface area contributed by atoms with Crippen LogP contribution in [0.5, 0.6) is 17.5 Å². The minimum atomic E-state index is -4.70. The van der Waals surface area contributed by atoms with E-state index in [0.29, 0.717) is 31.4 Å². The maximum absolute atomic E-state index is 12.3. The number of fused-ring (bicyclic) bond motifs is 1. The summed E-state index contributed by atoms with van der Waals surface area (Å²) >= 11 is 0. The summed E-state index contributed by atoms with van der Waals surface area (Å²) in [6.45, 7) is 5.38. The Morgan fingerprint density at radius 1 is 1.10 bits per heavy atom. The maximum Gasteiger partial charge on any atom is 0.573 e. The molecule has 2 aromatic carbocycles. The number of piperidine rings is 1. The minimum Gasteiger partial charge on any atom is -0.489 e. The predicted octanol–water partition coefficient (Wildman–Crippen LogP) is 5.74. The lowest BCUT2D eigenvalue weighted by Crippen LogP contribution is -2.38. The quantitative estimate of drug-likeness (QED) is 0.162. The molecule has 1 aromatic heterocycles. The van der Waals surface area contributed by atoms with Gasteiger partial charge in [-0.25, -0.2) is 0 Å². The van der Waals surface area contributed by atoms with E-state index in [0.717, 1.165) is 43.6 Å². The maximum atomic E-state index is 12.3. The Bertz CT molecular complexity index is 1300.